The molecule has 0 radical (unpaired) electrons. The summed E-state index contributed by atoms with van der Waals surface area (Å²) in [6.45, 7) is 7.15. The summed E-state index contributed by atoms with van der Waals surface area (Å²) in [5.41, 5.74) is 2.53. The number of carbonyl (C=O) groups is 2. The number of likely N-dealkylation sites (tertiary alicyclic amines) is 1. The summed E-state index contributed by atoms with van der Waals surface area (Å²) < 4.78 is 36.6. The Morgan fingerprint density at radius 3 is 2.60 bits per heavy atom. The fourth-order valence-corrected chi connectivity index (χ4v) is 6.13. The number of benzene rings is 1. The van der Waals surface area contributed by atoms with Gasteiger partial charge in [0, 0.05) is 45.0 Å². The van der Waals surface area contributed by atoms with E-state index in [0.29, 0.717) is 49.7 Å². The van der Waals surface area contributed by atoms with Crippen LogP contribution in [0.3, 0.4) is 0 Å². The number of hydrogen-bond donors (Lipinski definition) is 1. The van der Waals surface area contributed by atoms with E-state index >= 15 is 0 Å². The zero-order valence-corrected chi connectivity index (χ0v) is 23.5. The lowest BCUT2D eigenvalue weighted by molar-refractivity contribution is -0.572. The molecule has 3 aliphatic heterocycles. The standard InChI is InChI=1S/C29H36F2N6O3/c1-17-14-22(27(39)34-32-17)18-10-12-36(13-11-18)24(38)15-19-8-9-20(21-6-5-7-23(30)25(21)31)16-37-26(19)33-35-28(37)29(2,3)40-4/h5-7,14,18-20H,8-13,15-16H2,1-4H3,(H,34,39)/p+1/t19-,20+/m0/s1. The van der Waals surface area contributed by atoms with Gasteiger partial charge in [0.2, 0.25) is 5.91 Å². The van der Waals surface area contributed by atoms with Gasteiger partial charge in [-0.25, -0.2) is 13.6 Å². The van der Waals surface area contributed by atoms with Gasteiger partial charge in [0.05, 0.1) is 11.3 Å². The molecular formula is C29H37F2N6O3+. The van der Waals surface area contributed by atoms with Crippen LogP contribution in [0.15, 0.2) is 34.9 Å². The van der Waals surface area contributed by atoms with Crippen LogP contribution >= 0.6 is 0 Å². The van der Waals surface area contributed by atoms with Crippen LogP contribution in [0.25, 0.3) is 0 Å². The Kier molecular flexibility index (Phi) is 7.96. The number of piperidine rings is 1. The number of hydrogen-bond acceptors (Lipinski definition) is 6. The molecule has 9 nitrogen and oxygen atoms in total. The number of quaternary nitrogens is 1. The minimum Gasteiger partial charge on any atom is -0.371 e. The van der Waals surface area contributed by atoms with Crippen molar-refractivity contribution in [1.29, 1.82) is 0 Å². The first-order valence-electron chi connectivity index (χ1n) is 13.9. The van der Waals surface area contributed by atoms with E-state index in [-0.39, 0.29) is 36.0 Å². The number of allylic oxidation sites excluding steroid dienone is 1. The lowest BCUT2D eigenvalue weighted by Gasteiger charge is -2.33. The van der Waals surface area contributed by atoms with E-state index in [0.717, 1.165) is 30.2 Å². The third-order valence-corrected chi connectivity index (χ3v) is 8.62. The summed E-state index contributed by atoms with van der Waals surface area (Å²) in [6, 6.07) is 4.28. The van der Waals surface area contributed by atoms with Gasteiger partial charge >= 0.3 is 5.91 Å². The number of methoxy groups -OCH3 is 1. The Balaban J connectivity index is 1.34. The van der Waals surface area contributed by atoms with Crippen molar-refractivity contribution in [2.24, 2.45) is 11.0 Å². The van der Waals surface area contributed by atoms with Crippen LogP contribution < -0.4 is 5.43 Å². The molecule has 2 N–H and O–H groups in total. The van der Waals surface area contributed by atoms with Crippen molar-refractivity contribution in [1.82, 2.24) is 19.7 Å². The van der Waals surface area contributed by atoms with E-state index in [2.05, 4.69) is 15.3 Å². The molecule has 0 aliphatic carbocycles. The molecule has 40 heavy (non-hydrogen) atoms. The molecule has 5 rings (SSSR count). The third kappa shape index (κ3) is 5.49. The molecule has 1 saturated heterocycles. The average molecular weight is 556 g/mol. The van der Waals surface area contributed by atoms with Gasteiger partial charge in [-0.2, -0.15) is 5.43 Å². The zero-order chi connectivity index (χ0) is 28.6. The molecule has 0 spiro atoms. The summed E-state index contributed by atoms with van der Waals surface area (Å²) in [4.78, 5) is 27.7. The number of amides is 2. The van der Waals surface area contributed by atoms with E-state index in [1.165, 1.54) is 11.5 Å². The normalized spacial score (nSPS) is 22.4. The first kappa shape index (κ1) is 28.2. The second-order valence-electron chi connectivity index (χ2n) is 11.5. The predicted molar refractivity (Wildman–Crippen MR) is 143 cm³/mol. The van der Waals surface area contributed by atoms with E-state index in [4.69, 9.17) is 4.74 Å². The average Bonchev–Trinajstić information content (AvgIpc) is 3.29. The van der Waals surface area contributed by atoms with E-state index in [1.54, 1.807) is 13.2 Å². The van der Waals surface area contributed by atoms with Crippen LogP contribution in [-0.2, 0) is 26.5 Å². The van der Waals surface area contributed by atoms with Gasteiger partial charge in [-0.3, -0.25) is 4.79 Å². The molecule has 1 aromatic carbocycles. The van der Waals surface area contributed by atoms with Gasteiger partial charge < -0.3 is 14.2 Å². The molecule has 3 aliphatic rings. The number of ether oxygens (including phenoxy) is 1. The van der Waals surface area contributed by atoms with Crippen molar-refractivity contribution in [2.75, 3.05) is 20.2 Å². The zero-order valence-electron chi connectivity index (χ0n) is 23.5. The van der Waals surface area contributed by atoms with Crippen molar-refractivity contribution in [3.8, 4) is 0 Å². The van der Waals surface area contributed by atoms with Crippen LogP contribution in [0.1, 0.15) is 81.9 Å². The van der Waals surface area contributed by atoms with Crippen LogP contribution in [-0.4, -0.2) is 57.4 Å². The third-order valence-electron chi connectivity index (χ3n) is 8.62. The second-order valence-corrected chi connectivity index (χ2v) is 11.5. The van der Waals surface area contributed by atoms with Gasteiger partial charge in [0.15, 0.2) is 17.5 Å². The Morgan fingerprint density at radius 2 is 1.88 bits per heavy atom. The van der Waals surface area contributed by atoms with E-state index in [1.807, 2.05) is 36.3 Å². The summed E-state index contributed by atoms with van der Waals surface area (Å²) in [5, 5.41) is 13.0. The summed E-state index contributed by atoms with van der Waals surface area (Å²) in [7, 11) is 1.59. The highest BCUT2D eigenvalue weighted by atomic mass is 19.2. The molecule has 1 aromatic heterocycles. The first-order chi connectivity index (χ1) is 19.1. The quantitative estimate of drug-likeness (QED) is 0.552. The molecule has 4 heterocycles. The predicted octanol–water partition coefficient (Wildman–Crippen LogP) is 3.13. The maximum atomic E-state index is 14.8. The topological polar surface area (TPSA) is 106 Å². The molecule has 1 fully saturated rings. The number of carbonyl (C=O) groups excluding carboxylic acids is 2. The summed E-state index contributed by atoms with van der Waals surface area (Å²) in [5.74, 6) is -0.892. The van der Waals surface area contributed by atoms with E-state index < -0.39 is 17.2 Å². The molecule has 2 atom stereocenters. The Hall–Kier alpha value is -3.31. The maximum Gasteiger partial charge on any atom is 0.364 e. The van der Waals surface area contributed by atoms with Gasteiger partial charge in [0.1, 0.15) is 11.4 Å². The molecule has 11 heteroatoms. The van der Waals surface area contributed by atoms with Crippen LogP contribution in [0.4, 0.5) is 8.78 Å². The van der Waals surface area contributed by atoms with Gasteiger partial charge in [-0.15, -0.1) is 10.2 Å². The number of nitrogens with two attached hydrogens (primary N) is 1. The highest BCUT2D eigenvalue weighted by Gasteiger charge is 2.37. The fourth-order valence-electron chi connectivity index (χ4n) is 6.13. The van der Waals surface area contributed by atoms with Crippen molar-refractivity contribution >= 4 is 17.5 Å². The number of nitrogens with zero attached hydrogens (tertiary/aromatic N) is 5. The highest BCUT2D eigenvalue weighted by Crippen LogP contribution is 2.39. The molecule has 0 unspecified atom stereocenters. The van der Waals surface area contributed by atoms with Gasteiger partial charge in [-0.05, 0) is 70.1 Å². The lowest BCUT2D eigenvalue weighted by Crippen LogP contribution is -2.84. The fraction of sp³-hybridized carbons (Fsp3) is 0.552. The summed E-state index contributed by atoms with van der Waals surface area (Å²) >= 11 is 0. The summed E-state index contributed by atoms with van der Waals surface area (Å²) in [6.07, 6.45) is 4.71. The molecule has 2 amide bonds. The Labute approximate surface area is 232 Å². The second kappa shape index (κ2) is 11.3. The largest absolute Gasteiger partial charge is 0.371 e. The lowest BCUT2D eigenvalue weighted by atomic mass is 9.86. The molecule has 2 aromatic rings. The number of halogens is 2. The molecular weight excluding hydrogens is 518 g/mol. The number of rotatable bonds is 6. The van der Waals surface area contributed by atoms with E-state index in [9.17, 15) is 18.4 Å². The SMILES string of the molecule is COC(C)(C)c1nnc2n1C[C@H](c1cccc(F)c1F)CC[C@H]2CC(=O)N1CCC(C2=CC(C)=N[NH2+]C2=O)CC1. The van der Waals surface area contributed by atoms with Crippen molar-refractivity contribution in [3.63, 3.8) is 0 Å². The maximum absolute atomic E-state index is 14.8. The van der Waals surface area contributed by atoms with Crippen molar-refractivity contribution < 1.29 is 28.5 Å². The molecule has 0 bridgehead atoms. The van der Waals surface area contributed by atoms with Gasteiger partial charge in [-0.1, -0.05) is 17.2 Å². The first-order valence-corrected chi connectivity index (χ1v) is 13.9. The molecule has 214 valence electrons. The number of aromatic nitrogens is 3. The van der Waals surface area contributed by atoms with Crippen molar-refractivity contribution in [3.05, 3.63) is 58.7 Å². The van der Waals surface area contributed by atoms with Crippen LogP contribution in [0.2, 0.25) is 0 Å². The van der Waals surface area contributed by atoms with Crippen LogP contribution in [0.5, 0.6) is 0 Å². The highest BCUT2D eigenvalue weighted by molar-refractivity contribution is 6.02. The minimum atomic E-state index is -0.871. The smallest absolute Gasteiger partial charge is 0.364 e. The monoisotopic (exact) mass is 555 g/mol. The minimum absolute atomic E-state index is 0.0224. The Morgan fingerprint density at radius 1 is 1.12 bits per heavy atom. The van der Waals surface area contributed by atoms with Crippen LogP contribution in [0, 0.1) is 17.6 Å². The number of primary amides is 1. The van der Waals surface area contributed by atoms with Gasteiger partial charge in [0.25, 0.3) is 0 Å². The Bertz CT molecular complexity index is 1360. The number of fused-ring (bicyclic) bond motifs is 1. The van der Waals surface area contributed by atoms with Crippen molar-refractivity contribution in [2.45, 2.75) is 76.9 Å². The molecule has 0 saturated carbocycles.